The van der Waals surface area contributed by atoms with Gasteiger partial charge in [-0.15, -0.1) is 0 Å². The van der Waals surface area contributed by atoms with Crippen LogP contribution in [-0.4, -0.2) is 24.1 Å². The Bertz CT molecular complexity index is 995. The molecule has 0 saturated heterocycles. The van der Waals surface area contributed by atoms with E-state index >= 15 is 0 Å². The van der Waals surface area contributed by atoms with Crippen LogP contribution >= 0.6 is 0 Å². The third-order valence-corrected chi connectivity index (χ3v) is 4.56. The lowest BCUT2D eigenvalue weighted by molar-refractivity contribution is -0.116. The van der Waals surface area contributed by atoms with Crippen molar-refractivity contribution in [1.82, 2.24) is 0 Å². The summed E-state index contributed by atoms with van der Waals surface area (Å²) >= 11 is 0. The minimum absolute atomic E-state index is 0.105. The molecule has 3 aromatic carbocycles. The average Bonchev–Trinajstić information content (AvgIpc) is 2.72. The van der Waals surface area contributed by atoms with Crippen molar-refractivity contribution in [2.75, 3.05) is 12.0 Å². The Morgan fingerprint density at radius 1 is 0.893 bits per heavy atom. The van der Waals surface area contributed by atoms with Gasteiger partial charge in [0.15, 0.2) is 0 Å². The quantitative estimate of drug-likeness (QED) is 0.683. The molecular formula is C23H21NO4. The first-order valence-electron chi connectivity index (χ1n) is 8.84. The van der Waals surface area contributed by atoms with E-state index in [2.05, 4.69) is 0 Å². The second-order valence-corrected chi connectivity index (χ2v) is 6.31. The first kappa shape index (κ1) is 19.2. The number of hydrogen-bond donors (Lipinski definition) is 1. The molecule has 3 rings (SSSR count). The molecule has 0 bridgehead atoms. The zero-order valence-electron chi connectivity index (χ0n) is 15.8. The van der Waals surface area contributed by atoms with E-state index in [1.54, 1.807) is 42.3 Å². The molecule has 0 spiro atoms. The normalized spacial score (nSPS) is 10.4. The van der Waals surface area contributed by atoms with Crippen molar-refractivity contribution < 1.29 is 19.4 Å². The number of nitrogens with zero attached hydrogens (tertiary/aromatic N) is 1. The van der Waals surface area contributed by atoms with Crippen LogP contribution in [-0.2, 0) is 11.3 Å². The number of amides is 1. The summed E-state index contributed by atoms with van der Waals surface area (Å²) < 4.78 is 5.18. The largest absolute Gasteiger partial charge is 0.497 e. The maximum absolute atomic E-state index is 12.3. The van der Waals surface area contributed by atoms with Gasteiger partial charge >= 0.3 is 5.97 Å². The highest BCUT2D eigenvalue weighted by molar-refractivity contribution is 5.97. The Morgan fingerprint density at radius 2 is 1.50 bits per heavy atom. The Morgan fingerprint density at radius 3 is 2.11 bits per heavy atom. The molecule has 0 atom stereocenters. The highest BCUT2D eigenvalue weighted by atomic mass is 16.5. The molecule has 0 heterocycles. The van der Waals surface area contributed by atoms with Gasteiger partial charge in [-0.3, -0.25) is 4.79 Å². The number of methoxy groups -OCH3 is 1. The van der Waals surface area contributed by atoms with Crippen molar-refractivity contribution in [3.05, 3.63) is 83.9 Å². The molecule has 0 saturated carbocycles. The lowest BCUT2D eigenvalue weighted by Crippen LogP contribution is -2.28. The van der Waals surface area contributed by atoms with Crippen molar-refractivity contribution in [2.24, 2.45) is 0 Å². The van der Waals surface area contributed by atoms with Crippen LogP contribution in [0.15, 0.2) is 72.8 Å². The molecule has 5 nitrogen and oxygen atoms in total. The molecule has 1 amide bonds. The summed E-state index contributed by atoms with van der Waals surface area (Å²) in [5.41, 5.74) is 3.26. The molecule has 0 fully saturated rings. The van der Waals surface area contributed by atoms with E-state index in [0.29, 0.717) is 17.9 Å². The highest BCUT2D eigenvalue weighted by Gasteiger charge is 2.17. The molecule has 0 radical (unpaired) electrons. The predicted octanol–water partition coefficient (Wildman–Crippen LogP) is 4.61. The van der Waals surface area contributed by atoms with Crippen molar-refractivity contribution in [2.45, 2.75) is 13.5 Å². The molecule has 142 valence electrons. The average molecular weight is 375 g/mol. The van der Waals surface area contributed by atoms with E-state index in [-0.39, 0.29) is 11.5 Å². The molecule has 0 aliphatic heterocycles. The third kappa shape index (κ3) is 4.04. The summed E-state index contributed by atoms with van der Waals surface area (Å²) in [5.74, 6) is -0.376. The summed E-state index contributed by atoms with van der Waals surface area (Å²) in [6.07, 6.45) is 0. The van der Waals surface area contributed by atoms with Crippen LogP contribution in [0, 0.1) is 0 Å². The zero-order valence-corrected chi connectivity index (χ0v) is 15.8. The maximum Gasteiger partial charge on any atom is 0.336 e. The van der Waals surface area contributed by atoms with Gasteiger partial charge in [-0.25, -0.2) is 4.79 Å². The number of carboxylic acids is 1. The second-order valence-electron chi connectivity index (χ2n) is 6.31. The predicted molar refractivity (Wildman–Crippen MR) is 109 cm³/mol. The number of benzene rings is 3. The van der Waals surface area contributed by atoms with Crippen molar-refractivity contribution >= 4 is 17.6 Å². The van der Waals surface area contributed by atoms with Gasteiger partial charge in [0.2, 0.25) is 5.91 Å². The van der Waals surface area contributed by atoms with Gasteiger partial charge in [0.05, 0.1) is 19.2 Å². The molecule has 5 heteroatoms. The Hall–Kier alpha value is -3.60. The fraction of sp³-hybridized carbons (Fsp3) is 0.130. The molecule has 0 aliphatic carbocycles. The van der Waals surface area contributed by atoms with E-state index in [9.17, 15) is 14.7 Å². The summed E-state index contributed by atoms with van der Waals surface area (Å²) in [6.45, 7) is 1.84. The fourth-order valence-corrected chi connectivity index (χ4v) is 3.14. The SMILES string of the molecule is COc1ccc(N(Cc2ccccc2-c2ccccc2C(=O)O)C(C)=O)cc1. The minimum Gasteiger partial charge on any atom is -0.497 e. The molecule has 3 aromatic rings. The fourth-order valence-electron chi connectivity index (χ4n) is 3.14. The Labute approximate surface area is 163 Å². The molecule has 0 aliphatic rings. The number of carbonyl (C=O) groups excluding carboxylic acids is 1. The van der Waals surface area contributed by atoms with Crippen LogP contribution < -0.4 is 9.64 Å². The Kier molecular flexibility index (Phi) is 5.75. The van der Waals surface area contributed by atoms with Crippen LogP contribution in [0.3, 0.4) is 0 Å². The standard InChI is InChI=1S/C23H21NO4/c1-16(25)24(18-11-13-19(28-2)14-12-18)15-17-7-3-4-8-20(17)21-9-5-6-10-22(21)23(26)27/h3-14H,15H2,1-2H3,(H,26,27). The first-order valence-corrected chi connectivity index (χ1v) is 8.84. The summed E-state index contributed by atoms with van der Waals surface area (Å²) in [6, 6.07) is 21.7. The molecule has 1 N–H and O–H groups in total. The topological polar surface area (TPSA) is 66.8 Å². The van der Waals surface area contributed by atoms with Crippen molar-refractivity contribution in [3.8, 4) is 16.9 Å². The molecule has 28 heavy (non-hydrogen) atoms. The van der Waals surface area contributed by atoms with Gasteiger partial charge < -0.3 is 14.7 Å². The summed E-state index contributed by atoms with van der Waals surface area (Å²) in [5, 5.41) is 9.54. The number of rotatable bonds is 6. The number of carbonyl (C=O) groups is 2. The first-order chi connectivity index (χ1) is 13.5. The molecular weight excluding hydrogens is 354 g/mol. The van der Waals surface area contributed by atoms with Gasteiger partial charge in [-0.1, -0.05) is 42.5 Å². The van der Waals surface area contributed by atoms with Crippen LogP contribution in [0.1, 0.15) is 22.8 Å². The van der Waals surface area contributed by atoms with Crippen LogP contribution in [0.5, 0.6) is 5.75 Å². The summed E-state index contributed by atoms with van der Waals surface area (Å²) in [4.78, 5) is 25.6. The van der Waals surface area contributed by atoms with Gasteiger partial charge in [-0.05, 0) is 47.0 Å². The maximum atomic E-state index is 12.3. The minimum atomic E-state index is -0.982. The third-order valence-electron chi connectivity index (χ3n) is 4.56. The Balaban J connectivity index is 2.02. The molecule has 0 unspecified atom stereocenters. The smallest absolute Gasteiger partial charge is 0.336 e. The van der Waals surface area contributed by atoms with Crippen molar-refractivity contribution in [1.29, 1.82) is 0 Å². The number of ether oxygens (including phenoxy) is 1. The number of carboxylic acid groups (broad SMARTS) is 1. The van der Waals surface area contributed by atoms with Gasteiger partial charge in [-0.2, -0.15) is 0 Å². The van der Waals surface area contributed by atoms with E-state index in [0.717, 1.165) is 16.8 Å². The number of aromatic carboxylic acids is 1. The number of hydrogen-bond acceptors (Lipinski definition) is 3. The van der Waals surface area contributed by atoms with Gasteiger partial charge in [0.1, 0.15) is 5.75 Å². The summed E-state index contributed by atoms with van der Waals surface area (Å²) in [7, 11) is 1.59. The lowest BCUT2D eigenvalue weighted by Gasteiger charge is -2.23. The van der Waals surface area contributed by atoms with E-state index in [1.165, 1.54) is 6.92 Å². The number of anilines is 1. The van der Waals surface area contributed by atoms with E-state index in [1.807, 2.05) is 42.5 Å². The van der Waals surface area contributed by atoms with Gasteiger partial charge in [0.25, 0.3) is 0 Å². The second kappa shape index (κ2) is 8.39. The van der Waals surface area contributed by atoms with Crippen molar-refractivity contribution in [3.63, 3.8) is 0 Å². The van der Waals surface area contributed by atoms with Gasteiger partial charge in [0, 0.05) is 12.6 Å². The lowest BCUT2D eigenvalue weighted by atomic mass is 9.95. The van der Waals surface area contributed by atoms with Crippen LogP contribution in [0.25, 0.3) is 11.1 Å². The monoisotopic (exact) mass is 375 g/mol. The van der Waals surface area contributed by atoms with E-state index in [4.69, 9.17) is 4.74 Å². The van der Waals surface area contributed by atoms with Crippen LogP contribution in [0.4, 0.5) is 5.69 Å². The van der Waals surface area contributed by atoms with Crippen LogP contribution in [0.2, 0.25) is 0 Å². The highest BCUT2D eigenvalue weighted by Crippen LogP contribution is 2.30. The van der Waals surface area contributed by atoms with E-state index < -0.39 is 5.97 Å². The zero-order chi connectivity index (χ0) is 20.1. The molecule has 0 aromatic heterocycles.